The molecule has 0 radical (unpaired) electrons. The summed E-state index contributed by atoms with van der Waals surface area (Å²) in [6.45, 7) is 1.75. The van der Waals surface area contributed by atoms with Gasteiger partial charge in [0.15, 0.2) is 0 Å². The van der Waals surface area contributed by atoms with Crippen molar-refractivity contribution in [1.29, 1.82) is 0 Å². The first-order valence-corrected chi connectivity index (χ1v) is 4.49. The molecule has 84 valence electrons. The topological polar surface area (TPSA) is 51.8 Å². The second-order valence-corrected chi connectivity index (χ2v) is 3.40. The number of anilines is 1. The Kier molecular flexibility index (Phi) is 2.22. The van der Waals surface area contributed by atoms with E-state index in [1.807, 2.05) is 0 Å². The maximum Gasteiger partial charge on any atom is 0.451 e. The third-order valence-electron chi connectivity index (χ3n) is 2.21. The van der Waals surface area contributed by atoms with Crippen molar-refractivity contribution in [3.8, 4) is 0 Å². The molecule has 1 heterocycles. The Morgan fingerprint density at radius 2 is 1.88 bits per heavy atom. The van der Waals surface area contributed by atoms with Crippen LogP contribution in [0.2, 0.25) is 0 Å². The highest BCUT2D eigenvalue weighted by molar-refractivity contribution is 5.90. The van der Waals surface area contributed by atoms with E-state index in [4.69, 9.17) is 5.73 Å². The van der Waals surface area contributed by atoms with E-state index in [1.54, 1.807) is 19.1 Å². The van der Waals surface area contributed by atoms with E-state index >= 15 is 0 Å². The van der Waals surface area contributed by atoms with Crippen molar-refractivity contribution >= 4 is 16.7 Å². The fourth-order valence-corrected chi connectivity index (χ4v) is 1.51. The zero-order valence-corrected chi connectivity index (χ0v) is 8.34. The summed E-state index contributed by atoms with van der Waals surface area (Å²) < 4.78 is 37.2. The number of fused-ring (bicyclic) bond motifs is 1. The molecule has 16 heavy (non-hydrogen) atoms. The van der Waals surface area contributed by atoms with Gasteiger partial charge in [0.05, 0.1) is 5.52 Å². The fraction of sp³-hybridized carbons (Fsp3) is 0.200. The van der Waals surface area contributed by atoms with Gasteiger partial charge in [-0.3, -0.25) is 0 Å². The molecule has 3 nitrogen and oxygen atoms in total. The molecule has 6 heteroatoms. The lowest BCUT2D eigenvalue weighted by atomic mass is 10.1. The van der Waals surface area contributed by atoms with Crippen LogP contribution in [0.1, 0.15) is 11.4 Å². The fourth-order valence-electron chi connectivity index (χ4n) is 1.51. The van der Waals surface area contributed by atoms with E-state index in [-0.39, 0.29) is 11.3 Å². The molecule has 0 bridgehead atoms. The van der Waals surface area contributed by atoms with Gasteiger partial charge in [-0.15, -0.1) is 0 Å². The van der Waals surface area contributed by atoms with E-state index < -0.39 is 12.0 Å². The highest BCUT2D eigenvalue weighted by Crippen LogP contribution is 2.30. The molecule has 2 aromatic rings. The van der Waals surface area contributed by atoms with Crippen molar-refractivity contribution in [3.63, 3.8) is 0 Å². The molecule has 1 aromatic heterocycles. The number of hydrogen-bond acceptors (Lipinski definition) is 3. The lowest BCUT2D eigenvalue weighted by Gasteiger charge is -2.09. The van der Waals surface area contributed by atoms with E-state index in [9.17, 15) is 13.2 Å². The Morgan fingerprint density at radius 3 is 2.50 bits per heavy atom. The van der Waals surface area contributed by atoms with Gasteiger partial charge in [0.2, 0.25) is 5.82 Å². The Hall–Kier alpha value is -1.85. The van der Waals surface area contributed by atoms with E-state index in [2.05, 4.69) is 9.97 Å². The third-order valence-corrected chi connectivity index (χ3v) is 2.21. The second kappa shape index (κ2) is 3.33. The minimum atomic E-state index is -4.58. The van der Waals surface area contributed by atoms with Gasteiger partial charge in [-0.05, 0) is 18.6 Å². The minimum absolute atomic E-state index is 0.143. The van der Waals surface area contributed by atoms with Gasteiger partial charge in [0.1, 0.15) is 5.82 Å². The number of hydrogen-bond donors (Lipinski definition) is 1. The van der Waals surface area contributed by atoms with Crippen LogP contribution in [0.15, 0.2) is 18.2 Å². The first kappa shape index (κ1) is 10.7. The largest absolute Gasteiger partial charge is 0.451 e. The number of aromatic nitrogens is 2. The van der Waals surface area contributed by atoms with Crippen molar-refractivity contribution in [2.24, 2.45) is 0 Å². The minimum Gasteiger partial charge on any atom is -0.383 e. The van der Waals surface area contributed by atoms with E-state index in [0.29, 0.717) is 5.39 Å². The molecule has 0 aliphatic rings. The zero-order chi connectivity index (χ0) is 11.9. The quantitative estimate of drug-likeness (QED) is 0.752. The summed E-state index contributed by atoms with van der Waals surface area (Å²) in [4.78, 5) is 6.73. The van der Waals surface area contributed by atoms with Crippen molar-refractivity contribution in [1.82, 2.24) is 9.97 Å². The summed E-state index contributed by atoms with van der Waals surface area (Å²) in [5, 5.41) is 0.468. The summed E-state index contributed by atoms with van der Waals surface area (Å²) in [5.41, 5.74) is 6.47. The smallest absolute Gasteiger partial charge is 0.383 e. The molecule has 0 spiro atoms. The monoisotopic (exact) mass is 227 g/mol. The van der Waals surface area contributed by atoms with Gasteiger partial charge in [-0.1, -0.05) is 12.1 Å². The number of nitrogens with two attached hydrogens (primary N) is 1. The molecule has 0 amide bonds. The average Bonchev–Trinajstić information content (AvgIpc) is 2.15. The van der Waals surface area contributed by atoms with Crippen LogP contribution in [-0.4, -0.2) is 9.97 Å². The van der Waals surface area contributed by atoms with E-state index in [1.165, 1.54) is 6.07 Å². The van der Waals surface area contributed by atoms with Crippen molar-refractivity contribution < 1.29 is 13.2 Å². The molecule has 1 aromatic carbocycles. The van der Waals surface area contributed by atoms with Crippen molar-refractivity contribution in [2.75, 3.05) is 5.73 Å². The van der Waals surface area contributed by atoms with Crippen LogP contribution in [0.25, 0.3) is 10.9 Å². The summed E-state index contributed by atoms with van der Waals surface area (Å²) in [5.74, 6) is -1.35. The molecule has 0 unspecified atom stereocenters. The summed E-state index contributed by atoms with van der Waals surface area (Å²) in [7, 11) is 0. The van der Waals surface area contributed by atoms with Gasteiger partial charge >= 0.3 is 6.18 Å². The SMILES string of the molecule is Cc1cccc2nc(C(F)(F)F)nc(N)c12. The number of aryl methyl sites for hydroxylation is 1. The number of nitrogen functional groups attached to an aromatic ring is 1. The summed E-state index contributed by atoms with van der Waals surface area (Å²) in [6.07, 6.45) is -4.58. The Bertz CT molecular complexity index is 549. The summed E-state index contributed by atoms with van der Waals surface area (Å²) >= 11 is 0. The van der Waals surface area contributed by atoms with Crippen molar-refractivity contribution in [3.05, 3.63) is 29.6 Å². The summed E-state index contributed by atoms with van der Waals surface area (Å²) in [6, 6.07) is 4.86. The van der Waals surface area contributed by atoms with Crippen LogP contribution in [0, 0.1) is 6.92 Å². The first-order valence-electron chi connectivity index (χ1n) is 4.49. The molecule has 0 atom stereocenters. The highest BCUT2D eigenvalue weighted by Gasteiger charge is 2.35. The van der Waals surface area contributed by atoms with Crippen LogP contribution < -0.4 is 5.73 Å². The maximum atomic E-state index is 12.4. The van der Waals surface area contributed by atoms with Gasteiger partial charge in [-0.25, -0.2) is 9.97 Å². The zero-order valence-electron chi connectivity index (χ0n) is 8.34. The van der Waals surface area contributed by atoms with Crippen LogP contribution in [0.4, 0.5) is 19.0 Å². The predicted molar refractivity (Wildman–Crippen MR) is 53.7 cm³/mol. The molecule has 0 aliphatic heterocycles. The standard InChI is InChI=1S/C10H8F3N3/c1-5-3-2-4-6-7(5)8(14)16-9(15-6)10(11,12)13/h2-4H,1H3,(H2,14,15,16). The van der Waals surface area contributed by atoms with Gasteiger partial charge in [0.25, 0.3) is 0 Å². The molecule has 0 saturated carbocycles. The molecule has 2 N–H and O–H groups in total. The van der Waals surface area contributed by atoms with Crippen LogP contribution >= 0.6 is 0 Å². The molecule has 0 aliphatic carbocycles. The van der Waals surface area contributed by atoms with E-state index in [0.717, 1.165) is 5.56 Å². The van der Waals surface area contributed by atoms with Crippen LogP contribution in [0.5, 0.6) is 0 Å². The lowest BCUT2D eigenvalue weighted by molar-refractivity contribution is -0.144. The maximum absolute atomic E-state index is 12.4. The van der Waals surface area contributed by atoms with Crippen LogP contribution in [-0.2, 0) is 6.18 Å². The number of rotatable bonds is 0. The number of alkyl halides is 3. The highest BCUT2D eigenvalue weighted by atomic mass is 19.4. The number of benzene rings is 1. The van der Waals surface area contributed by atoms with Crippen molar-refractivity contribution in [2.45, 2.75) is 13.1 Å². The Labute approximate surface area is 89.1 Å². The molecule has 2 rings (SSSR count). The number of halogens is 3. The van der Waals surface area contributed by atoms with Crippen LogP contribution in [0.3, 0.4) is 0 Å². The third kappa shape index (κ3) is 1.66. The Morgan fingerprint density at radius 1 is 1.19 bits per heavy atom. The first-order chi connectivity index (χ1) is 7.39. The second-order valence-electron chi connectivity index (χ2n) is 3.40. The normalized spacial score (nSPS) is 12.0. The molecule has 0 saturated heterocycles. The van der Waals surface area contributed by atoms with Gasteiger partial charge in [0, 0.05) is 5.39 Å². The Balaban J connectivity index is 2.79. The molecular weight excluding hydrogens is 219 g/mol. The average molecular weight is 227 g/mol. The molecular formula is C10H8F3N3. The number of nitrogens with zero attached hydrogens (tertiary/aromatic N) is 2. The predicted octanol–water partition coefficient (Wildman–Crippen LogP) is 2.54. The molecule has 0 fully saturated rings. The van der Waals surface area contributed by atoms with Gasteiger partial charge in [-0.2, -0.15) is 13.2 Å². The lowest BCUT2D eigenvalue weighted by Crippen LogP contribution is -2.13. The van der Waals surface area contributed by atoms with Gasteiger partial charge < -0.3 is 5.73 Å².